The van der Waals surface area contributed by atoms with Crippen LogP contribution in [0.3, 0.4) is 0 Å². The quantitative estimate of drug-likeness (QED) is 0.574. The van der Waals surface area contributed by atoms with Gasteiger partial charge >= 0.3 is 0 Å². The minimum absolute atomic E-state index is 0.230. The fourth-order valence-corrected chi connectivity index (χ4v) is 2.60. The smallest absolute Gasteiger partial charge is 0.143 e. The van der Waals surface area contributed by atoms with Gasteiger partial charge in [0.05, 0.1) is 21.8 Å². The van der Waals surface area contributed by atoms with Gasteiger partial charge < -0.3 is 15.2 Å². The molecule has 0 unspecified atom stereocenters. The molecule has 17 heavy (non-hydrogen) atoms. The average molecular weight is 365 g/mol. The maximum absolute atomic E-state index is 9.56. The number of phenolic OH excluding ortho intramolecular Hbond substituents is 1. The Morgan fingerprint density at radius 1 is 1.35 bits per heavy atom. The van der Waals surface area contributed by atoms with Crippen LogP contribution in [0.2, 0.25) is 0 Å². The fraction of sp³-hybridized carbons (Fsp3) is 0.333. The van der Waals surface area contributed by atoms with Gasteiger partial charge in [0.1, 0.15) is 5.75 Å². The molecule has 2 N–H and O–H groups in total. The summed E-state index contributed by atoms with van der Waals surface area (Å²) in [6, 6.07) is 3.79. The summed E-state index contributed by atoms with van der Waals surface area (Å²) in [5, 5.41) is 12.9. The van der Waals surface area contributed by atoms with E-state index in [-0.39, 0.29) is 5.75 Å². The lowest BCUT2D eigenvalue weighted by Gasteiger charge is -2.07. The first-order valence-corrected chi connectivity index (χ1v) is 6.84. The summed E-state index contributed by atoms with van der Waals surface area (Å²) in [5.74, 6) is 0.230. The van der Waals surface area contributed by atoms with Crippen molar-refractivity contribution in [3.8, 4) is 5.75 Å². The molecule has 0 heterocycles. The predicted molar refractivity (Wildman–Crippen MR) is 76.0 cm³/mol. The van der Waals surface area contributed by atoms with Crippen molar-refractivity contribution in [1.29, 1.82) is 0 Å². The molecule has 94 valence electrons. The maximum Gasteiger partial charge on any atom is 0.143 e. The molecule has 0 aliphatic rings. The highest BCUT2D eigenvalue weighted by molar-refractivity contribution is 9.11. The standard InChI is InChI=1S/C12H15Br2NO2/c1-2-17-5-3-4-15-8-9-6-10(13)12(16)11(14)7-9/h2,6-7,15-16H,1,3-5,8H2. The van der Waals surface area contributed by atoms with Gasteiger partial charge in [0.2, 0.25) is 0 Å². The zero-order chi connectivity index (χ0) is 12.7. The summed E-state index contributed by atoms with van der Waals surface area (Å²) in [4.78, 5) is 0. The zero-order valence-corrected chi connectivity index (χ0v) is 12.6. The SMILES string of the molecule is C=COCCCNCc1cc(Br)c(O)c(Br)c1. The highest BCUT2D eigenvalue weighted by atomic mass is 79.9. The maximum atomic E-state index is 9.56. The van der Waals surface area contributed by atoms with Crippen LogP contribution in [-0.2, 0) is 11.3 Å². The van der Waals surface area contributed by atoms with Crippen LogP contribution in [0.5, 0.6) is 5.75 Å². The lowest BCUT2D eigenvalue weighted by molar-refractivity contribution is 0.244. The van der Waals surface area contributed by atoms with E-state index < -0.39 is 0 Å². The normalized spacial score (nSPS) is 10.2. The Morgan fingerprint density at radius 2 is 2.00 bits per heavy atom. The van der Waals surface area contributed by atoms with Crippen molar-refractivity contribution in [3.05, 3.63) is 39.5 Å². The summed E-state index contributed by atoms with van der Waals surface area (Å²) in [6.07, 6.45) is 2.39. The summed E-state index contributed by atoms with van der Waals surface area (Å²) in [7, 11) is 0. The number of hydrogen-bond acceptors (Lipinski definition) is 3. The molecule has 0 aliphatic carbocycles. The highest BCUT2D eigenvalue weighted by Gasteiger charge is 2.05. The Morgan fingerprint density at radius 3 is 2.59 bits per heavy atom. The van der Waals surface area contributed by atoms with Gasteiger partial charge in [0.25, 0.3) is 0 Å². The second-order valence-electron chi connectivity index (χ2n) is 3.48. The van der Waals surface area contributed by atoms with Crippen molar-refractivity contribution in [2.75, 3.05) is 13.2 Å². The van der Waals surface area contributed by atoms with Crippen LogP contribution in [0.1, 0.15) is 12.0 Å². The fourth-order valence-electron chi connectivity index (χ4n) is 1.32. The van der Waals surface area contributed by atoms with E-state index in [0.29, 0.717) is 15.6 Å². The Hall–Kier alpha value is -0.520. The van der Waals surface area contributed by atoms with Gasteiger partial charge in [0.15, 0.2) is 0 Å². The minimum atomic E-state index is 0.230. The van der Waals surface area contributed by atoms with Crippen molar-refractivity contribution in [1.82, 2.24) is 5.32 Å². The molecule has 0 spiro atoms. The minimum Gasteiger partial charge on any atom is -0.506 e. The van der Waals surface area contributed by atoms with E-state index in [9.17, 15) is 5.11 Å². The van der Waals surface area contributed by atoms with Crippen LogP contribution in [-0.4, -0.2) is 18.3 Å². The number of hydrogen-bond donors (Lipinski definition) is 2. The van der Waals surface area contributed by atoms with Crippen LogP contribution in [0.15, 0.2) is 33.9 Å². The molecule has 5 heteroatoms. The highest BCUT2D eigenvalue weighted by Crippen LogP contribution is 2.33. The summed E-state index contributed by atoms with van der Waals surface area (Å²) >= 11 is 6.60. The van der Waals surface area contributed by atoms with E-state index in [1.54, 1.807) is 0 Å². The lowest BCUT2D eigenvalue weighted by Crippen LogP contribution is -2.16. The number of rotatable bonds is 7. The van der Waals surface area contributed by atoms with Gasteiger partial charge in [0, 0.05) is 6.54 Å². The summed E-state index contributed by atoms with van der Waals surface area (Å²) in [5.41, 5.74) is 1.10. The number of nitrogens with one attached hydrogen (secondary N) is 1. The van der Waals surface area contributed by atoms with Crippen LogP contribution in [0, 0.1) is 0 Å². The van der Waals surface area contributed by atoms with Crippen molar-refractivity contribution in [2.45, 2.75) is 13.0 Å². The number of benzene rings is 1. The Kier molecular flexibility index (Phi) is 6.62. The molecular weight excluding hydrogens is 350 g/mol. The molecule has 0 aromatic heterocycles. The summed E-state index contributed by atoms with van der Waals surface area (Å²) in [6.45, 7) is 5.79. The molecule has 1 rings (SSSR count). The molecule has 0 bridgehead atoms. The first-order chi connectivity index (χ1) is 8.15. The van der Waals surface area contributed by atoms with Crippen molar-refractivity contribution in [2.24, 2.45) is 0 Å². The predicted octanol–water partition coefficient (Wildman–Crippen LogP) is 3.56. The number of halogens is 2. The van der Waals surface area contributed by atoms with E-state index in [0.717, 1.165) is 25.1 Å². The largest absolute Gasteiger partial charge is 0.506 e. The second kappa shape index (κ2) is 7.74. The monoisotopic (exact) mass is 363 g/mol. The molecular formula is C12H15Br2NO2. The first-order valence-electron chi connectivity index (χ1n) is 5.25. The Bertz CT molecular complexity index is 360. The van der Waals surface area contributed by atoms with Crippen LogP contribution in [0.25, 0.3) is 0 Å². The third-order valence-electron chi connectivity index (χ3n) is 2.14. The topological polar surface area (TPSA) is 41.5 Å². The van der Waals surface area contributed by atoms with Crippen LogP contribution >= 0.6 is 31.9 Å². The van der Waals surface area contributed by atoms with Crippen molar-refractivity contribution in [3.63, 3.8) is 0 Å². The Balaban J connectivity index is 2.34. The molecule has 0 atom stereocenters. The van der Waals surface area contributed by atoms with Gasteiger partial charge in [-0.25, -0.2) is 0 Å². The molecule has 1 aromatic carbocycles. The van der Waals surface area contributed by atoms with Crippen LogP contribution < -0.4 is 5.32 Å². The number of aromatic hydroxyl groups is 1. The number of phenols is 1. The van der Waals surface area contributed by atoms with E-state index >= 15 is 0 Å². The van der Waals surface area contributed by atoms with E-state index in [4.69, 9.17) is 4.74 Å². The summed E-state index contributed by atoms with van der Waals surface area (Å²) < 4.78 is 6.40. The first kappa shape index (κ1) is 14.5. The third kappa shape index (κ3) is 5.10. The van der Waals surface area contributed by atoms with Crippen LogP contribution in [0.4, 0.5) is 0 Å². The average Bonchev–Trinajstić information content (AvgIpc) is 2.30. The number of ether oxygens (including phenoxy) is 1. The molecule has 0 saturated heterocycles. The van der Waals surface area contributed by atoms with Gasteiger partial charge in [-0.15, -0.1) is 0 Å². The Labute approximate surface area is 118 Å². The van der Waals surface area contributed by atoms with E-state index in [2.05, 4.69) is 43.8 Å². The second-order valence-corrected chi connectivity index (χ2v) is 5.18. The molecule has 0 fully saturated rings. The lowest BCUT2D eigenvalue weighted by atomic mass is 10.2. The third-order valence-corrected chi connectivity index (χ3v) is 3.35. The van der Waals surface area contributed by atoms with Gasteiger partial charge in [-0.3, -0.25) is 0 Å². The molecule has 0 radical (unpaired) electrons. The van der Waals surface area contributed by atoms with E-state index in [1.807, 2.05) is 12.1 Å². The molecule has 0 aliphatic heterocycles. The van der Waals surface area contributed by atoms with Crippen molar-refractivity contribution >= 4 is 31.9 Å². The molecule has 0 amide bonds. The van der Waals surface area contributed by atoms with Crippen molar-refractivity contribution < 1.29 is 9.84 Å². The molecule has 3 nitrogen and oxygen atoms in total. The molecule has 1 aromatic rings. The van der Waals surface area contributed by atoms with Gasteiger partial charge in [-0.1, -0.05) is 6.58 Å². The van der Waals surface area contributed by atoms with Gasteiger partial charge in [-0.05, 0) is 62.5 Å². The van der Waals surface area contributed by atoms with E-state index in [1.165, 1.54) is 6.26 Å². The molecule has 0 saturated carbocycles. The van der Waals surface area contributed by atoms with Gasteiger partial charge in [-0.2, -0.15) is 0 Å². The zero-order valence-electron chi connectivity index (χ0n) is 9.38.